The Balaban J connectivity index is 0.000000472. The zero-order valence-electron chi connectivity index (χ0n) is 16.4. The lowest BCUT2D eigenvalue weighted by Crippen LogP contribution is -2.56. The van der Waals surface area contributed by atoms with Gasteiger partial charge in [-0.15, -0.1) is 0 Å². The van der Waals surface area contributed by atoms with Crippen LogP contribution in [-0.2, 0) is 9.59 Å². The van der Waals surface area contributed by atoms with Crippen LogP contribution in [0.2, 0.25) is 0 Å². The second kappa shape index (κ2) is 11.5. The summed E-state index contributed by atoms with van der Waals surface area (Å²) in [5.41, 5.74) is -0.0799. The fourth-order valence-electron chi connectivity index (χ4n) is 3.24. The van der Waals surface area contributed by atoms with Crippen molar-refractivity contribution in [3.63, 3.8) is 0 Å². The third-order valence-electron chi connectivity index (χ3n) is 4.76. The monoisotopic (exact) mass is 359 g/mol. The molecule has 1 heterocycles. The predicted molar refractivity (Wildman–Crippen MR) is 97.8 cm³/mol. The summed E-state index contributed by atoms with van der Waals surface area (Å²) >= 11 is 0. The molecule has 0 aromatic carbocycles. The van der Waals surface area contributed by atoms with Gasteiger partial charge in [-0.3, -0.25) is 9.59 Å². The van der Waals surface area contributed by atoms with Gasteiger partial charge in [0, 0.05) is 23.9 Å². The molecule has 1 aliphatic rings. The first-order valence-electron chi connectivity index (χ1n) is 9.42. The van der Waals surface area contributed by atoms with Crippen molar-refractivity contribution in [3.8, 4) is 0 Å². The number of hydrogen-bond donors (Lipinski definition) is 3. The number of rotatable bonds is 9. The molecule has 0 amide bonds. The molecule has 0 radical (unpaired) electrons. The molecule has 6 nitrogen and oxygen atoms in total. The van der Waals surface area contributed by atoms with Crippen molar-refractivity contribution in [2.75, 3.05) is 0 Å². The van der Waals surface area contributed by atoms with Gasteiger partial charge in [0.1, 0.15) is 0 Å². The molecule has 148 valence electrons. The van der Waals surface area contributed by atoms with Crippen molar-refractivity contribution in [1.29, 1.82) is 0 Å². The highest BCUT2D eigenvalue weighted by atomic mass is 16.5. The summed E-state index contributed by atoms with van der Waals surface area (Å²) in [7, 11) is 0. The van der Waals surface area contributed by atoms with Gasteiger partial charge < -0.3 is 15.4 Å². The van der Waals surface area contributed by atoms with Crippen molar-refractivity contribution in [2.24, 2.45) is 0 Å². The molecule has 0 spiro atoms. The van der Waals surface area contributed by atoms with Gasteiger partial charge in [0.05, 0.1) is 0 Å². The van der Waals surface area contributed by atoms with Gasteiger partial charge in [-0.1, -0.05) is 25.7 Å². The standard InChI is InChI=1S/C10H18O4.C9H19NO/c11-9(12)7-5-3-1-2-4-6-8-10(13)14;1-8(2)6-5-7-9(3,4)10(8)11/h1-8H2,(H,11,12)(H,13,14);11H,5-7H2,1-4H3. The molecule has 0 saturated carbocycles. The number of aliphatic carboxylic acids is 2. The summed E-state index contributed by atoms with van der Waals surface area (Å²) in [6.45, 7) is 8.36. The first kappa shape index (κ1) is 23.9. The van der Waals surface area contributed by atoms with E-state index in [2.05, 4.69) is 27.7 Å². The van der Waals surface area contributed by atoms with Crippen molar-refractivity contribution in [3.05, 3.63) is 0 Å². The number of carboxylic acid groups (broad SMARTS) is 2. The molecular weight excluding hydrogens is 322 g/mol. The van der Waals surface area contributed by atoms with Crippen LogP contribution in [-0.4, -0.2) is 43.5 Å². The molecule has 0 unspecified atom stereocenters. The molecule has 1 saturated heterocycles. The van der Waals surface area contributed by atoms with E-state index in [0.717, 1.165) is 51.4 Å². The maximum absolute atomic E-state index is 10.1. The van der Waals surface area contributed by atoms with Crippen LogP contribution < -0.4 is 0 Å². The Morgan fingerprint density at radius 2 is 1.08 bits per heavy atom. The van der Waals surface area contributed by atoms with E-state index < -0.39 is 11.9 Å². The Hall–Kier alpha value is -1.14. The van der Waals surface area contributed by atoms with Crippen molar-refractivity contribution in [1.82, 2.24) is 5.06 Å². The molecule has 1 fully saturated rings. The summed E-state index contributed by atoms with van der Waals surface area (Å²) in [5, 5.41) is 28.0. The number of unbranched alkanes of at least 4 members (excludes halogenated alkanes) is 5. The van der Waals surface area contributed by atoms with E-state index >= 15 is 0 Å². The third-order valence-corrected chi connectivity index (χ3v) is 4.76. The van der Waals surface area contributed by atoms with E-state index in [1.165, 1.54) is 11.5 Å². The molecule has 0 aliphatic carbocycles. The second-order valence-corrected chi connectivity index (χ2v) is 8.20. The molecule has 0 aromatic heterocycles. The number of piperidine rings is 1. The summed E-state index contributed by atoms with van der Waals surface area (Å²) in [6, 6.07) is 0. The maximum Gasteiger partial charge on any atom is 0.303 e. The van der Waals surface area contributed by atoms with Crippen molar-refractivity contribution in [2.45, 2.75) is 109 Å². The number of carboxylic acids is 2. The molecule has 0 aromatic rings. The van der Waals surface area contributed by atoms with Crippen LogP contribution in [0, 0.1) is 0 Å². The van der Waals surface area contributed by atoms with Gasteiger partial charge in [0.2, 0.25) is 0 Å². The van der Waals surface area contributed by atoms with Crippen LogP contribution >= 0.6 is 0 Å². The first-order chi connectivity index (χ1) is 11.5. The fourth-order valence-corrected chi connectivity index (χ4v) is 3.24. The Kier molecular flexibility index (Phi) is 10.9. The molecule has 1 aliphatic heterocycles. The van der Waals surface area contributed by atoms with E-state index in [1.807, 2.05) is 0 Å². The topological polar surface area (TPSA) is 98.1 Å². The predicted octanol–water partition coefficient (Wildman–Crippen LogP) is 4.70. The highest BCUT2D eigenvalue weighted by molar-refractivity contribution is 5.66. The van der Waals surface area contributed by atoms with Gasteiger partial charge in [-0.25, -0.2) is 0 Å². The zero-order valence-corrected chi connectivity index (χ0v) is 16.4. The highest BCUT2D eigenvalue weighted by Crippen LogP contribution is 2.35. The van der Waals surface area contributed by atoms with Crippen LogP contribution in [0.1, 0.15) is 98.3 Å². The quantitative estimate of drug-likeness (QED) is 0.516. The average molecular weight is 360 g/mol. The number of hydrogen-bond acceptors (Lipinski definition) is 4. The summed E-state index contributed by atoms with van der Waals surface area (Å²) in [4.78, 5) is 20.3. The van der Waals surface area contributed by atoms with Gasteiger partial charge in [-0.2, -0.15) is 5.06 Å². The number of nitrogens with zero attached hydrogens (tertiary/aromatic N) is 1. The Labute approximate surface area is 152 Å². The first-order valence-corrected chi connectivity index (χ1v) is 9.42. The zero-order chi connectivity index (χ0) is 19.5. The molecule has 25 heavy (non-hydrogen) atoms. The summed E-state index contributed by atoms with van der Waals surface area (Å²) < 4.78 is 0. The van der Waals surface area contributed by atoms with Crippen LogP contribution in [0.15, 0.2) is 0 Å². The number of hydroxylamine groups is 2. The van der Waals surface area contributed by atoms with Crippen LogP contribution in [0.4, 0.5) is 0 Å². The fraction of sp³-hybridized carbons (Fsp3) is 0.895. The molecular formula is C19H37NO5. The number of carbonyl (C=O) groups is 2. The largest absolute Gasteiger partial charge is 0.481 e. The minimum atomic E-state index is -0.740. The van der Waals surface area contributed by atoms with Gasteiger partial charge >= 0.3 is 11.9 Å². The Bertz CT molecular complexity index is 371. The molecule has 0 atom stereocenters. The van der Waals surface area contributed by atoms with E-state index in [9.17, 15) is 14.8 Å². The van der Waals surface area contributed by atoms with E-state index in [1.54, 1.807) is 0 Å². The Morgan fingerprint density at radius 3 is 1.36 bits per heavy atom. The average Bonchev–Trinajstić information content (AvgIpc) is 2.47. The summed E-state index contributed by atoms with van der Waals surface area (Å²) in [5.74, 6) is -1.48. The van der Waals surface area contributed by atoms with Gasteiger partial charge in [0.25, 0.3) is 0 Å². The molecule has 1 rings (SSSR count). The molecule has 3 N–H and O–H groups in total. The maximum atomic E-state index is 10.1. The third kappa shape index (κ3) is 11.2. The van der Waals surface area contributed by atoms with Crippen molar-refractivity contribution < 1.29 is 25.0 Å². The lowest BCUT2D eigenvalue weighted by Gasteiger charge is -2.48. The SMILES string of the molecule is CC1(C)CCCC(C)(C)N1O.O=C(O)CCCCCCCCC(=O)O. The van der Waals surface area contributed by atoms with Crippen LogP contribution in [0.25, 0.3) is 0 Å². The van der Waals surface area contributed by atoms with Crippen LogP contribution in [0.3, 0.4) is 0 Å². The van der Waals surface area contributed by atoms with Crippen molar-refractivity contribution >= 4 is 11.9 Å². The normalized spacial score (nSPS) is 18.9. The highest BCUT2D eigenvalue weighted by Gasteiger charge is 2.40. The van der Waals surface area contributed by atoms with E-state index in [0.29, 0.717) is 0 Å². The molecule has 0 bridgehead atoms. The lowest BCUT2D eigenvalue weighted by atomic mass is 9.82. The second-order valence-electron chi connectivity index (χ2n) is 8.20. The Morgan fingerprint density at radius 1 is 0.760 bits per heavy atom. The minimum Gasteiger partial charge on any atom is -0.481 e. The van der Waals surface area contributed by atoms with E-state index in [-0.39, 0.29) is 23.9 Å². The summed E-state index contributed by atoms with van der Waals surface area (Å²) in [6.07, 6.45) is 9.22. The minimum absolute atomic E-state index is 0.0399. The smallest absolute Gasteiger partial charge is 0.303 e. The van der Waals surface area contributed by atoms with Crippen LogP contribution in [0.5, 0.6) is 0 Å². The lowest BCUT2D eigenvalue weighted by molar-refractivity contribution is -0.241. The van der Waals surface area contributed by atoms with Gasteiger partial charge in [-0.05, 0) is 59.8 Å². The van der Waals surface area contributed by atoms with Gasteiger partial charge in [0.15, 0.2) is 0 Å². The van der Waals surface area contributed by atoms with E-state index in [4.69, 9.17) is 10.2 Å². The molecule has 6 heteroatoms.